The van der Waals surface area contributed by atoms with Crippen molar-refractivity contribution < 1.29 is 14.3 Å². The van der Waals surface area contributed by atoms with Crippen molar-refractivity contribution in [2.75, 3.05) is 19.8 Å². The molecule has 7 nitrogen and oxygen atoms in total. The fraction of sp³-hybridized carbons (Fsp3) is 0.250. The Labute approximate surface area is 189 Å². The van der Waals surface area contributed by atoms with Crippen LogP contribution in [0.1, 0.15) is 18.1 Å². The second-order valence-electron chi connectivity index (χ2n) is 5.87. The lowest BCUT2D eigenvalue weighted by Crippen LogP contribution is -2.30. The Bertz CT molecular complexity index is 862. The van der Waals surface area contributed by atoms with Crippen molar-refractivity contribution in [3.8, 4) is 11.5 Å². The van der Waals surface area contributed by atoms with E-state index < -0.39 is 0 Å². The molecule has 0 aliphatic rings. The number of hydrogen-bond acceptors (Lipinski definition) is 5. The van der Waals surface area contributed by atoms with Crippen molar-refractivity contribution in [2.24, 2.45) is 10.8 Å². The lowest BCUT2D eigenvalue weighted by molar-refractivity contribution is -0.123. The molecule has 0 saturated carbocycles. The summed E-state index contributed by atoms with van der Waals surface area (Å²) in [4.78, 5) is 12.1. The molecular formula is C20H23IN4O3S. The average molecular weight is 526 g/mol. The third-order valence-corrected chi connectivity index (χ3v) is 4.54. The van der Waals surface area contributed by atoms with Gasteiger partial charge in [-0.3, -0.25) is 10.2 Å². The minimum absolute atomic E-state index is 0.0826. The maximum Gasteiger partial charge on any atom is 0.257 e. The van der Waals surface area contributed by atoms with Gasteiger partial charge in [0.25, 0.3) is 5.91 Å². The van der Waals surface area contributed by atoms with Crippen molar-refractivity contribution in [1.29, 1.82) is 0 Å². The molecule has 2 rings (SSSR count). The highest BCUT2D eigenvalue weighted by atomic mass is 127. The van der Waals surface area contributed by atoms with Crippen LogP contribution in [0.4, 0.5) is 0 Å². The summed E-state index contributed by atoms with van der Waals surface area (Å²) in [5.74, 6) is 0.865. The van der Waals surface area contributed by atoms with Gasteiger partial charge in [0.2, 0.25) is 0 Å². The van der Waals surface area contributed by atoms with E-state index in [-0.39, 0.29) is 17.6 Å². The van der Waals surface area contributed by atoms with E-state index >= 15 is 0 Å². The van der Waals surface area contributed by atoms with E-state index in [4.69, 9.17) is 27.4 Å². The van der Waals surface area contributed by atoms with Crippen LogP contribution in [0, 0.1) is 3.57 Å². The third kappa shape index (κ3) is 8.24. The first kappa shape index (κ1) is 22.9. The lowest BCUT2D eigenvalue weighted by atomic mass is 10.1. The molecule has 0 aliphatic carbocycles. The fourth-order valence-electron chi connectivity index (χ4n) is 2.42. The number of carbonyl (C=O) groups is 1. The molecule has 1 amide bonds. The van der Waals surface area contributed by atoms with Gasteiger partial charge in [-0.2, -0.15) is 5.10 Å². The standard InChI is InChI=1S/C20H23IN4O3S/c1-2-27-17-11-15(12-24-25-20(22)29)10-16(21)19(17)28-13-18(26)23-9-8-14-6-4-3-5-7-14/h3-7,10-12H,2,8-9,13H2,1H3,(H,23,26)(H3,22,25,29)/b24-12-. The van der Waals surface area contributed by atoms with Gasteiger partial charge >= 0.3 is 0 Å². The minimum Gasteiger partial charge on any atom is -0.490 e. The first-order valence-electron chi connectivity index (χ1n) is 8.98. The van der Waals surface area contributed by atoms with Crippen molar-refractivity contribution in [3.63, 3.8) is 0 Å². The Hall–Kier alpha value is -2.40. The maximum atomic E-state index is 12.1. The summed E-state index contributed by atoms with van der Waals surface area (Å²) >= 11 is 6.84. The van der Waals surface area contributed by atoms with Gasteiger partial charge in [-0.15, -0.1) is 0 Å². The van der Waals surface area contributed by atoms with Gasteiger partial charge in [0, 0.05) is 6.54 Å². The molecule has 0 saturated heterocycles. The number of ether oxygens (including phenoxy) is 2. The molecule has 0 heterocycles. The highest BCUT2D eigenvalue weighted by molar-refractivity contribution is 14.1. The number of thiocarbonyl (C=S) groups is 1. The zero-order chi connectivity index (χ0) is 21.1. The minimum atomic E-state index is -0.189. The largest absolute Gasteiger partial charge is 0.490 e. The molecular weight excluding hydrogens is 503 g/mol. The van der Waals surface area contributed by atoms with Crippen molar-refractivity contribution >= 4 is 52.0 Å². The SMILES string of the molecule is CCOc1cc(/C=N\NC(N)=S)cc(I)c1OCC(=O)NCCc1ccccc1. The van der Waals surface area contributed by atoms with Crippen LogP contribution in [0.5, 0.6) is 11.5 Å². The van der Waals surface area contributed by atoms with E-state index in [1.54, 1.807) is 12.3 Å². The van der Waals surface area contributed by atoms with E-state index in [1.807, 2.05) is 43.3 Å². The molecule has 9 heteroatoms. The molecule has 0 atom stereocenters. The van der Waals surface area contributed by atoms with E-state index in [9.17, 15) is 4.79 Å². The number of carbonyl (C=O) groups excluding carboxylic acids is 1. The summed E-state index contributed by atoms with van der Waals surface area (Å²) in [6, 6.07) is 13.6. The number of rotatable bonds is 10. The quantitative estimate of drug-likeness (QED) is 0.191. The van der Waals surface area contributed by atoms with Gasteiger partial charge in [0.05, 0.1) is 16.4 Å². The van der Waals surface area contributed by atoms with Gasteiger partial charge < -0.3 is 20.5 Å². The predicted molar refractivity (Wildman–Crippen MR) is 126 cm³/mol. The van der Waals surface area contributed by atoms with Gasteiger partial charge in [-0.25, -0.2) is 0 Å². The van der Waals surface area contributed by atoms with Crippen LogP contribution in [0.15, 0.2) is 47.6 Å². The van der Waals surface area contributed by atoms with Gasteiger partial charge in [-0.05, 0) is 71.4 Å². The van der Waals surface area contributed by atoms with E-state index in [0.717, 1.165) is 15.6 Å². The number of nitrogens with two attached hydrogens (primary N) is 1. The Morgan fingerprint density at radius 3 is 2.72 bits per heavy atom. The third-order valence-electron chi connectivity index (χ3n) is 3.65. The number of hydrazone groups is 1. The predicted octanol–water partition coefficient (Wildman–Crippen LogP) is 2.59. The average Bonchev–Trinajstić information content (AvgIpc) is 2.68. The first-order valence-corrected chi connectivity index (χ1v) is 10.5. The monoisotopic (exact) mass is 526 g/mol. The van der Waals surface area contributed by atoms with Crippen LogP contribution in [0.3, 0.4) is 0 Å². The molecule has 0 radical (unpaired) electrons. The molecule has 0 spiro atoms. The summed E-state index contributed by atoms with van der Waals surface area (Å²) in [6.07, 6.45) is 2.34. The maximum absolute atomic E-state index is 12.1. The lowest BCUT2D eigenvalue weighted by Gasteiger charge is -2.14. The molecule has 154 valence electrons. The number of hydrogen-bond donors (Lipinski definition) is 3. The Morgan fingerprint density at radius 2 is 2.03 bits per heavy atom. The number of halogens is 1. The van der Waals surface area contributed by atoms with Crippen LogP contribution in [0.2, 0.25) is 0 Å². The molecule has 0 aliphatic heterocycles. The van der Waals surface area contributed by atoms with E-state index in [1.165, 1.54) is 5.56 Å². The van der Waals surface area contributed by atoms with Gasteiger partial charge in [-0.1, -0.05) is 30.3 Å². The number of nitrogens with one attached hydrogen (secondary N) is 2. The second kappa shape index (κ2) is 12.2. The summed E-state index contributed by atoms with van der Waals surface area (Å²) in [7, 11) is 0. The molecule has 0 bridgehead atoms. The Kier molecular flexibility index (Phi) is 9.65. The molecule has 2 aromatic rings. The molecule has 0 unspecified atom stereocenters. The van der Waals surface area contributed by atoms with E-state index in [2.05, 4.69) is 38.4 Å². The molecule has 29 heavy (non-hydrogen) atoms. The Morgan fingerprint density at radius 1 is 1.28 bits per heavy atom. The smallest absolute Gasteiger partial charge is 0.257 e. The molecule has 0 fully saturated rings. The van der Waals surface area contributed by atoms with Crippen molar-refractivity contribution in [3.05, 3.63) is 57.2 Å². The molecule has 0 aromatic heterocycles. The fourth-order valence-corrected chi connectivity index (χ4v) is 3.25. The van der Waals surface area contributed by atoms with Crippen LogP contribution >= 0.6 is 34.8 Å². The number of nitrogens with zero attached hydrogens (tertiary/aromatic N) is 1. The molecule has 2 aromatic carbocycles. The summed E-state index contributed by atoms with van der Waals surface area (Å²) in [6.45, 7) is 2.79. The number of amides is 1. The zero-order valence-corrected chi connectivity index (χ0v) is 19.0. The topological polar surface area (TPSA) is 98.0 Å². The zero-order valence-electron chi connectivity index (χ0n) is 16.0. The Balaban J connectivity index is 1.94. The molecule has 4 N–H and O–H groups in total. The summed E-state index contributed by atoms with van der Waals surface area (Å²) in [5, 5.41) is 6.89. The first-order chi connectivity index (χ1) is 14.0. The number of benzene rings is 2. The van der Waals surface area contributed by atoms with E-state index in [0.29, 0.717) is 24.7 Å². The highest BCUT2D eigenvalue weighted by Crippen LogP contribution is 2.33. The van der Waals surface area contributed by atoms with Gasteiger partial charge in [0.15, 0.2) is 23.2 Å². The summed E-state index contributed by atoms with van der Waals surface area (Å²) < 4.78 is 12.2. The van der Waals surface area contributed by atoms with Crippen molar-refractivity contribution in [2.45, 2.75) is 13.3 Å². The summed E-state index contributed by atoms with van der Waals surface area (Å²) in [5.41, 5.74) is 9.80. The van der Waals surface area contributed by atoms with Crippen molar-refractivity contribution in [1.82, 2.24) is 10.7 Å². The van der Waals surface area contributed by atoms with Crippen LogP contribution in [0.25, 0.3) is 0 Å². The highest BCUT2D eigenvalue weighted by Gasteiger charge is 2.13. The second-order valence-corrected chi connectivity index (χ2v) is 7.47. The van der Waals surface area contributed by atoms with Crippen LogP contribution < -0.4 is 25.9 Å². The normalized spacial score (nSPS) is 10.6. The van der Waals surface area contributed by atoms with Crippen LogP contribution in [-0.2, 0) is 11.2 Å². The van der Waals surface area contributed by atoms with Gasteiger partial charge in [0.1, 0.15) is 0 Å². The van der Waals surface area contributed by atoms with Crippen LogP contribution in [-0.4, -0.2) is 37.0 Å².